The molecule has 1 unspecified atom stereocenters. The van der Waals surface area contributed by atoms with Crippen molar-refractivity contribution >= 4 is 6.34 Å². The van der Waals surface area contributed by atoms with Gasteiger partial charge in [0.25, 0.3) is 0 Å². The Morgan fingerprint density at radius 1 is 1.62 bits per heavy atom. The zero-order chi connectivity index (χ0) is 9.10. The summed E-state index contributed by atoms with van der Waals surface area (Å²) < 4.78 is 4.63. The normalized spacial score (nSPS) is 17.8. The number of aliphatic hydroxyl groups excluding tert-OH is 1. The third kappa shape index (κ3) is 1.59. The molecule has 0 aromatic carbocycles. The minimum Gasteiger partial charge on any atom is -0.368 e. The zero-order valence-corrected chi connectivity index (χ0v) is 6.87. The van der Waals surface area contributed by atoms with E-state index < -0.39 is 6.23 Å². The maximum Gasteiger partial charge on any atom is 0.175 e. The molecule has 0 saturated carbocycles. The highest BCUT2D eigenvalue weighted by Crippen LogP contribution is 2.14. The molecule has 0 bridgehead atoms. The van der Waals surface area contributed by atoms with Gasteiger partial charge in [-0.15, -0.1) is 0 Å². The van der Waals surface area contributed by atoms with Gasteiger partial charge in [0.1, 0.15) is 12.0 Å². The third-order valence-electron chi connectivity index (χ3n) is 1.76. The summed E-state index contributed by atoms with van der Waals surface area (Å²) in [5.41, 5.74) is 0.488. The van der Waals surface area contributed by atoms with Crippen molar-refractivity contribution in [2.45, 2.75) is 6.23 Å². The Morgan fingerprint density at radius 3 is 3.15 bits per heavy atom. The lowest BCUT2D eigenvalue weighted by atomic mass is 10.3. The molecule has 68 valence electrons. The Hall–Kier alpha value is -1.62. The van der Waals surface area contributed by atoms with Crippen LogP contribution >= 0.6 is 0 Å². The molecular formula is C8H9N3O2. The quantitative estimate of drug-likeness (QED) is 0.719. The summed E-state index contributed by atoms with van der Waals surface area (Å²) >= 11 is 0. The molecule has 1 N–H and O–H groups in total. The van der Waals surface area contributed by atoms with E-state index in [0.29, 0.717) is 12.2 Å². The van der Waals surface area contributed by atoms with Gasteiger partial charge in [0.15, 0.2) is 6.23 Å². The number of nitrogens with zero attached hydrogens (tertiary/aromatic N) is 3. The number of aliphatic imine (C=N–C) groups is 1. The maximum atomic E-state index is 9.71. The maximum absolute atomic E-state index is 9.71. The van der Waals surface area contributed by atoms with E-state index in [4.69, 9.17) is 0 Å². The molecule has 5 nitrogen and oxygen atoms in total. The van der Waals surface area contributed by atoms with Crippen LogP contribution < -0.4 is 0 Å². The molecule has 2 rings (SSSR count). The van der Waals surface area contributed by atoms with Gasteiger partial charge in [0.2, 0.25) is 0 Å². The van der Waals surface area contributed by atoms with Crippen LogP contribution in [0.4, 0.5) is 0 Å². The second-order valence-electron chi connectivity index (χ2n) is 2.64. The highest BCUT2D eigenvalue weighted by molar-refractivity contribution is 5.58. The molecule has 0 fully saturated rings. The zero-order valence-electron chi connectivity index (χ0n) is 6.87. The Morgan fingerprint density at radius 2 is 2.54 bits per heavy atom. The highest BCUT2D eigenvalue weighted by Gasteiger charge is 2.17. The monoisotopic (exact) mass is 179 g/mol. The van der Waals surface area contributed by atoms with E-state index in [1.54, 1.807) is 23.5 Å². The average Bonchev–Trinajstić information content (AvgIpc) is 2.71. The number of aromatic nitrogens is 1. The van der Waals surface area contributed by atoms with Crippen molar-refractivity contribution in [2.24, 2.45) is 4.99 Å². The van der Waals surface area contributed by atoms with E-state index in [9.17, 15) is 5.11 Å². The molecule has 1 aliphatic rings. The van der Waals surface area contributed by atoms with Gasteiger partial charge in [-0.2, -0.15) is 0 Å². The van der Waals surface area contributed by atoms with Crippen molar-refractivity contribution in [2.75, 3.05) is 6.54 Å². The second-order valence-corrected chi connectivity index (χ2v) is 2.64. The molecule has 0 saturated heterocycles. The highest BCUT2D eigenvalue weighted by atomic mass is 16.5. The third-order valence-corrected chi connectivity index (χ3v) is 1.76. The predicted octanol–water partition coefficient (Wildman–Crippen LogP) is 0.523. The van der Waals surface area contributed by atoms with Gasteiger partial charge in [-0.05, 0) is 6.08 Å². The molecule has 13 heavy (non-hydrogen) atoms. The molecule has 1 aromatic rings. The van der Waals surface area contributed by atoms with E-state index in [-0.39, 0.29) is 0 Å². The molecule has 0 spiro atoms. The summed E-state index contributed by atoms with van der Waals surface area (Å²) in [5, 5.41) is 13.4. The minimum absolute atomic E-state index is 0.488. The lowest BCUT2D eigenvalue weighted by Gasteiger charge is -2.23. The van der Waals surface area contributed by atoms with Crippen molar-refractivity contribution in [1.82, 2.24) is 10.1 Å². The average molecular weight is 179 g/mol. The Labute approximate surface area is 75.0 Å². The molecule has 0 radical (unpaired) electrons. The molecule has 1 aliphatic heterocycles. The molecule has 5 heteroatoms. The topological polar surface area (TPSA) is 61.9 Å². The molecule has 0 aliphatic carbocycles. The van der Waals surface area contributed by atoms with Crippen molar-refractivity contribution in [3.8, 4) is 0 Å². The first-order chi connectivity index (χ1) is 6.38. The van der Waals surface area contributed by atoms with Gasteiger partial charge in [0, 0.05) is 18.8 Å². The fraction of sp³-hybridized carbons (Fsp3) is 0.250. The summed E-state index contributed by atoms with van der Waals surface area (Å²) in [4.78, 5) is 5.54. The van der Waals surface area contributed by atoms with Gasteiger partial charge >= 0.3 is 0 Å². The van der Waals surface area contributed by atoms with Crippen LogP contribution in [-0.4, -0.2) is 28.0 Å². The fourth-order valence-corrected chi connectivity index (χ4v) is 1.09. The van der Waals surface area contributed by atoms with Gasteiger partial charge in [-0.3, -0.25) is 0 Å². The van der Waals surface area contributed by atoms with Crippen molar-refractivity contribution in [3.05, 3.63) is 30.3 Å². The van der Waals surface area contributed by atoms with Gasteiger partial charge in [-0.25, -0.2) is 4.99 Å². The summed E-state index contributed by atoms with van der Waals surface area (Å²) in [6.07, 6.45) is 5.75. The Kier molecular flexibility index (Phi) is 2.09. The molecule has 1 atom stereocenters. The van der Waals surface area contributed by atoms with Crippen molar-refractivity contribution in [1.29, 1.82) is 0 Å². The SMILES string of the molecule is OC(c1ccon1)N1C=NC=CC1. The number of rotatable bonds is 2. The van der Waals surface area contributed by atoms with Gasteiger partial charge in [0.05, 0.1) is 6.34 Å². The minimum atomic E-state index is -0.785. The molecule has 2 heterocycles. The van der Waals surface area contributed by atoms with E-state index in [1.165, 1.54) is 6.26 Å². The van der Waals surface area contributed by atoms with Crippen LogP contribution in [0.2, 0.25) is 0 Å². The summed E-state index contributed by atoms with van der Waals surface area (Å²) in [6.45, 7) is 0.623. The fourth-order valence-electron chi connectivity index (χ4n) is 1.09. The summed E-state index contributed by atoms with van der Waals surface area (Å²) in [6, 6.07) is 1.62. The number of hydrogen-bond donors (Lipinski definition) is 1. The smallest absolute Gasteiger partial charge is 0.175 e. The molecule has 0 amide bonds. The van der Waals surface area contributed by atoms with Crippen LogP contribution in [0.25, 0.3) is 0 Å². The molecular weight excluding hydrogens is 170 g/mol. The number of hydrogen-bond acceptors (Lipinski definition) is 5. The van der Waals surface area contributed by atoms with Crippen LogP contribution in [0.3, 0.4) is 0 Å². The van der Waals surface area contributed by atoms with Crippen LogP contribution in [0, 0.1) is 0 Å². The molecule has 1 aromatic heterocycles. The Bertz CT molecular complexity index is 318. The van der Waals surface area contributed by atoms with E-state index >= 15 is 0 Å². The Balaban J connectivity index is 2.09. The second kappa shape index (κ2) is 3.40. The van der Waals surface area contributed by atoms with Crippen molar-refractivity contribution in [3.63, 3.8) is 0 Å². The number of aliphatic hydroxyl groups is 1. The van der Waals surface area contributed by atoms with Gasteiger partial charge in [-0.1, -0.05) is 5.16 Å². The summed E-state index contributed by atoms with van der Waals surface area (Å²) in [5.74, 6) is 0. The lowest BCUT2D eigenvalue weighted by Crippen LogP contribution is -2.28. The largest absolute Gasteiger partial charge is 0.368 e. The van der Waals surface area contributed by atoms with Crippen LogP contribution in [0.5, 0.6) is 0 Å². The van der Waals surface area contributed by atoms with Crippen molar-refractivity contribution < 1.29 is 9.63 Å². The standard InChI is InChI=1S/C8H9N3O2/c12-8(7-2-5-13-10-7)11-4-1-3-9-6-11/h1-3,5-6,8,12H,4H2. The summed E-state index contributed by atoms with van der Waals surface area (Å²) in [7, 11) is 0. The first kappa shape index (κ1) is 8.00. The van der Waals surface area contributed by atoms with Gasteiger partial charge < -0.3 is 14.5 Å². The van der Waals surface area contributed by atoms with Crippen LogP contribution in [0.1, 0.15) is 11.9 Å². The van der Waals surface area contributed by atoms with E-state index in [0.717, 1.165) is 0 Å². The van der Waals surface area contributed by atoms with E-state index in [1.807, 2.05) is 6.08 Å². The van der Waals surface area contributed by atoms with Crippen LogP contribution in [-0.2, 0) is 0 Å². The van der Waals surface area contributed by atoms with E-state index in [2.05, 4.69) is 14.7 Å². The predicted molar refractivity (Wildman–Crippen MR) is 45.8 cm³/mol. The first-order valence-corrected chi connectivity index (χ1v) is 3.90. The first-order valence-electron chi connectivity index (χ1n) is 3.90. The lowest BCUT2D eigenvalue weighted by molar-refractivity contribution is 0.0557. The van der Waals surface area contributed by atoms with Crippen LogP contribution in [0.15, 0.2) is 34.1 Å².